The number of nitrogens with one attached hydrogen (secondary N) is 1. The van der Waals surface area contributed by atoms with Crippen molar-refractivity contribution in [3.63, 3.8) is 0 Å². The van der Waals surface area contributed by atoms with Gasteiger partial charge in [-0.25, -0.2) is 0 Å². The average Bonchev–Trinajstić information content (AvgIpc) is 2.63. The lowest BCUT2D eigenvalue weighted by atomic mass is 10.1. The van der Waals surface area contributed by atoms with Crippen molar-refractivity contribution in [2.24, 2.45) is 0 Å². The fourth-order valence-electron chi connectivity index (χ4n) is 2.77. The second-order valence-electron chi connectivity index (χ2n) is 6.68. The highest BCUT2D eigenvalue weighted by atomic mass is 16.3. The van der Waals surface area contributed by atoms with Gasteiger partial charge in [0, 0.05) is 18.2 Å². The zero-order chi connectivity index (χ0) is 19.2. The number of unbranched alkanes of at least 4 members (excludes halogenated alkanes) is 9. The third-order valence-corrected chi connectivity index (χ3v) is 4.40. The van der Waals surface area contributed by atoms with E-state index in [0.717, 1.165) is 12.8 Å². The van der Waals surface area contributed by atoms with E-state index in [0.29, 0.717) is 6.54 Å². The van der Waals surface area contributed by atoms with Crippen molar-refractivity contribution in [1.82, 2.24) is 5.32 Å². The lowest BCUT2D eigenvalue weighted by molar-refractivity contribution is -0.116. The van der Waals surface area contributed by atoms with Crippen molar-refractivity contribution in [2.75, 3.05) is 6.54 Å². The van der Waals surface area contributed by atoms with Gasteiger partial charge in [0.05, 0.1) is 0 Å². The van der Waals surface area contributed by atoms with E-state index >= 15 is 0 Å². The van der Waals surface area contributed by atoms with E-state index < -0.39 is 17.2 Å². The molecule has 0 spiro atoms. The van der Waals surface area contributed by atoms with Gasteiger partial charge in [-0.3, -0.25) is 4.79 Å². The Balaban J connectivity index is 2.09. The fraction of sp³-hybridized carbons (Fsp3) is 0.571. The summed E-state index contributed by atoms with van der Waals surface area (Å²) in [4.78, 5) is 11.7. The monoisotopic (exact) mass is 363 g/mol. The lowest BCUT2D eigenvalue weighted by Gasteiger charge is -2.05. The second kappa shape index (κ2) is 13.1. The summed E-state index contributed by atoms with van der Waals surface area (Å²) in [6.45, 7) is 2.86. The second-order valence-corrected chi connectivity index (χ2v) is 6.68. The van der Waals surface area contributed by atoms with Gasteiger partial charge in [0.25, 0.3) is 0 Å². The number of aromatic hydroxyl groups is 3. The molecule has 0 saturated heterocycles. The molecule has 0 heterocycles. The highest BCUT2D eigenvalue weighted by molar-refractivity contribution is 5.92. The van der Waals surface area contributed by atoms with Crippen LogP contribution in [-0.2, 0) is 4.79 Å². The van der Waals surface area contributed by atoms with Gasteiger partial charge in [0.2, 0.25) is 11.7 Å². The highest BCUT2D eigenvalue weighted by Gasteiger charge is 2.08. The first-order chi connectivity index (χ1) is 12.6. The van der Waals surface area contributed by atoms with Gasteiger partial charge in [0.15, 0.2) is 11.5 Å². The Labute approximate surface area is 156 Å². The summed E-state index contributed by atoms with van der Waals surface area (Å²) in [5, 5.41) is 31.2. The number of hydrogen-bond donors (Lipinski definition) is 4. The predicted octanol–water partition coefficient (Wildman–Crippen LogP) is 4.85. The molecule has 5 nitrogen and oxygen atoms in total. The molecule has 1 amide bonds. The van der Waals surface area contributed by atoms with Crippen LogP contribution in [0.1, 0.15) is 76.7 Å². The molecule has 0 aliphatic heterocycles. The largest absolute Gasteiger partial charge is 0.504 e. The maximum atomic E-state index is 11.7. The standard InChI is InChI=1S/C21H33NO4/c1-2-3-4-5-6-7-8-9-10-11-16-22-19(24)15-13-17-12-14-18(23)21(26)20(17)25/h12-15,23,25-26H,2-11,16H2,1H3,(H,22,24). The van der Waals surface area contributed by atoms with Crippen molar-refractivity contribution in [3.05, 3.63) is 23.8 Å². The minimum Gasteiger partial charge on any atom is -0.504 e. The average molecular weight is 363 g/mol. The van der Waals surface area contributed by atoms with Crippen LogP contribution in [-0.4, -0.2) is 27.8 Å². The number of rotatable bonds is 13. The van der Waals surface area contributed by atoms with Crippen LogP contribution in [0.15, 0.2) is 18.2 Å². The Hall–Kier alpha value is -2.17. The number of carbonyl (C=O) groups excluding carboxylic acids is 1. The number of hydrogen-bond acceptors (Lipinski definition) is 4. The Kier molecular flexibility index (Phi) is 11.0. The Morgan fingerprint density at radius 2 is 1.46 bits per heavy atom. The smallest absolute Gasteiger partial charge is 0.244 e. The van der Waals surface area contributed by atoms with Gasteiger partial charge >= 0.3 is 0 Å². The van der Waals surface area contributed by atoms with E-state index in [9.17, 15) is 20.1 Å². The molecular formula is C21H33NO4. The van der Waals surface area contributed by atoms with Gasteiger partial charge in [0.1, 0.15) is 0 Å². The molecule has 0 fully saturated rings. The summed E-state index contributed by atoms with van der Waals surface area (Å²) < 4.78 is 0. The molecule has 1 aromatic rings. The number of benzene rings is 1. The number of amides is 1. The molecule has 1 aromatic carbocycles. The SMILES string of the molecule is CCCCCCCCCCCCNC(=O)C=Cc1ccc(O)c(O)c1O. The summed E-state index contributed by atoms with van der Waals surface area (Å²) in [5.41, 5.74) is 0.273. The van der Waals surface area contributed by atoms with Crippen LogP contribution in [0.2, 0.25) is 0 Å². The third-order valence-electron chi connectivity index (χ3n) is 4.40. The fourth-order valence-corrected chi connectivity index (χ4v) is 2.77. The number of carbonyl (C=O) groups is 1. The first-order valence-corrected chi connectivity index (χ1v) is 9.76. The van der Waals surface area contributed by atoms with E-state index in [-0.39, 0.29) is 11.5 Å². The van der Waals surface area contributed by atoms with Crippen molar-refractivity contribution in [3.8, 4) is 17.2 Å². The first-order valence-electron chi connectivity index (χ1n) is 9.76. The van der Waals surface area contributed by atoms with Gasteiger partial charge in [-0.1, -0.05) is 64.7 Å². The van der Waals surface area contributed by atoms with Crippen molar-refractivity contribution in [2.45, 2.75) is 71.1 Å². The maximum absolute atomic E-state index is 11.7. The molecule has 0 saturated carbocycles. The molecule has 0 aliphatic carbocycles. The van der Waals surface area contributed by atoms with E-state index in [1.54, 1.807) is 0 Å². The highest BCUT2D eigenvalue weighted by Crippen LogP contribution is 2.37. The Morgan fingerprint density at radius 1 is 0.885 bits per heavy atom. The molecule has 26 heavy (non-hydrogen) atoms. The van der Waals surface area contributed by atoms with Crippen molar-refractivity contribution in [1.29, 1.82) is 0 Å². The van der Waals surface area contributed by atoms with Crippen LogP contribution in [0, 0.1) is 0 Å². The summed E-state index contributed by atoms with van der Waals surface area (Å²) in [5.74, 6) is -1.67. The Morgan fingerprint density at radius 3 is 2.08 bits per heavy atom. The summed E-state index contributed by atoms with van der Waals surface area (Å²) in [7, 11) is 0. The zero-order valence-corrected chi connectivity index (χ0v) is 15.8. The number of phenolic OH excluding ortho intramolecular Hbond substituents is 3. The normalized spacial score (nSPS) is 11.1. The molecule has 4 N–H and O–H groups in total. The minimum absolute atomic E-state index is 0.243. The van der Waals surface area contributed by atoms with Gasteiger partial charge in [-0.15, -0.1) is 0 Å². The summed E-state index contributed by atoms with van der Waals surface area (Å²) in [6, 6.07) is 2.69. The van der Waals surface area contributed by atoms with Crippen LogP contribution in [0.25, 0.3) is 6.08 Å². The molecule has 0 radical (unpaired) electrons. The zero-order valence-electron chi connectivity index (χ0n) is 15.8. The quantitative estimate of drug-likeness (QED) is 0.229. The van der Waals surface area contributed by atoms with E-state index in [1.807, 2.05) is 0 Å². The molecule has 0 aromatic heterocycles. The van der Waals surface area contributed by atoms with Crippen LogP contribution < -0.4 is 5.32 Å². The van der Waals surface area contributed by atoms with Crippen LogP contribution in [0.3, 0.4) is 0 Å². The van der Waals surface area contributed by atoms with Crippen LogP contribution >= 0.6 is 0 Å². The van der Waals surface area contributed by atoms with Gasteiger partial charge in [-0.2, -0.15) is 0 Å². The summed E-state index contributed by atoms with van der Waals surface area (Å²) in [6.07, 6.45) is 15.3. The van der Waals surface area contributed by atoms with E-state index in [4.69, 9.17) is 0 Å². The minimum atomic E-state index is -0.585. The Bertz CT molecular complexity index is 569. The molecule has 0 bridgehead atoms. The van der Waals surface area contributed by atoms with Crippen molar-refractivity contribution < 1.29 is 20.1 Å². The molecule has 1 rings (SSSR count). The molecule has 5 heteroatoms. The lowest BCUT2D eigenvalue weighted by Crippen LogP contribution is -2.21. The number of phenols is 3. The summed E-state index contributed by atoms with van der Waals surface area (Å²) >= 11 is 0. The van der Waals surface area contributed by atoms with E-state index in [2.05, 4.69) is 12.2 Å². The molecule has 0 unspecified atom stereocenters. The first kappa shape index (κ1) is 21.9. The molecular weight excluding hydrogens is 330 g/mol. The third kappa shape index (κ3) is 8.79. The molecule has 146 valence electrons. The predicted molar refractivity (Wildman–Crippen MR) is 105 cm³/mol. The maximum Gasteiger partial charge on any atom is 0.244 e. The van der Waals surface area contributed by atoms with Gasteiger partial charge < -0.3 is 20.6 Å². The van der Waals surface area contributed by atoms with E-state index in [1.165, 1.54) is 75.7 Å². The molecule has 0 aliphatic rings. The van der Waals surface area contributed by atoms with Crippen LogP contribution in [0.5, 0.6) is 17.2 Å². The molecule has 0 atom stereocenters. The van der Waals surface area contributed by atoms with Gasteiger partial charge in [-0.05, 0) is 24.6 Å². The topological polar surface area (TPSA) is 89.8 Å². The van der Waals surface area contributed by atoms with Crippen LogP contribution in [0.4, 0.5) is 0 Å². The van der Waals surface area contributed by atoms with Crippen molar-refractivity contribution >= 4 is 12.0 Å².